The van der Waals surface area contributed by atoms with Crippen molar-refractivity contribution in [3.63, 3.8) is 0 Å². The van der Waals surface area contributed by atoms with Crippen LogP contribution in [0, 0.1) is 0 Å². The Morgan fingerprint density at radius 1 is 1.27 bits per heavy atom. The lowest BCUT2D eigenvalue weighted by atomic mass is 9.99. The molecule has 0 radical (unpaired) electrons. The van der Waals surface area contributed by atoms with Crippen LogP contribution in [0.1, 0.15) is 31.4 Å². The maximum Gasteiger partial charge on any atom is 0.0942 e. The van der Waals surface area contributed by atoms with Gasteiger partial charge < -0.3 is 10.4 Å². The highest BCUT2D eigenvalue weighted by Gasteiger charge is 2.17. The number of halogens is 1. The number of likely N-dealkylation sites (N-methyl/N-ethyl adjacent to an activating group) is 1. The Kier molecular flexibility index (Phi) is 7.39. The average molecular weight is 230 g/mol. The summed E-state index contributed by atoms with van der Waals surface area (Å²) in [5.41, 5.74) is 0.986. The van der Waals surface area contributed by atoms with Crippen molar-refractivity contribution in [1.29, 1.82) is 0 Å². The van der Waals surface area contributed by atoms with Crippen molar-refractivity contribution in [2.45, 2.75) is 31.9 Å². The van der Waals surface area contributed by atoms with Crippen LogP contribution in [0.4, 0.5) is 0 Å². The number of hydrogen-bond acceptors (Lipinski definition) is 2. The number of benzene rings is 1. The molecule has 0 aliphatic rings. The normalized spacial score (nSPS) is 14.1. The van der Waals surface area contributed by atoms with Gasteiger partial charge in [-0.1, -0.05) is 43.7 Å². The van der Waals surface area contributed by atoms with Gasteiger partial charge in [-0.2, -0.15) is 0 Å². The van der Waals surface area contributed by atoms with E-state index < -0.39 is 6.10 Å². The first-order chi connectivity index (χ1) is 6.79. The molecule has 0 amide bonds. The van der Waals surface area contributed by atoms with Crippen LogP contribution in [0.2, 0.25) is 0 Å². The zero-order valence-corrected chi connectivity index (χ0v) is 10.1. The number of rotatable bonds is 5. The third-order valence-electron chi connectivity index (χ3n) is 2.49. The Bertz CT molecular complexity index is 253. The van der Waals surface area contributed by atoms with E-state index in [4.69, 9.17) is 0 Å². The van der Waals surface area contributed by atoms with E-state index in [0.29, 0.717) is 0 Å². The molecule has 15 heavy (non-hydrogen) atoms. The molecule has 0 unspecified atom stereocenters. The SMILES string of the molecule is CCC[C@H](NC)[C@H](O)c1ccccc1.Cl. The Morgan fingerprint density at radius 3 is 2.33 bits per heavy atom. The van der Waals surface area contributed by atoms with Crippen LogP contribution >= 0.6 is 12.4 Å². The summed E-state index contributed by atoms with van der Waals surface area (Å²) in [6.07, 6.45) is 1.67. The van der Waals surface area contributed by atoms with Crippen LogP contribution in [0.5, 0.6) is 0 Å². The fourth-order valence-corrected chi connectivity index (χ4v) is 1.65. The molecular formula is C12H20ClNO. The molecule has 0 aliphatic heterocycles. The molecule has 0 saturated heterocycles. The Morgan fingerprint density at radius 2 is 1.87 bits per heavy atom. The number of hydrogen-bond donors (Lipinski definition) is 2. The van der Waals surface area contributed by atoms with Crippen molar-refractivity contribution < 1.29 is 5.11 Å². The lowest BCUT2D eigenvalue weighted by Crippen LogP contribution is -2.31. The standard InChI is InChI=1S/C12H19NO.ClH/c1-3-7-11(13-2)12(14)10-8-5-4-6-9-10;/h4-6,8-9,11-14H,3,7H2,1-2H3;1H/t11-,12+;/m0./s1. The highest BCUT2D eigenvalue weighted by Crippen LogP contribution is 2.18. The fraction of sp³-hybridized carbons (Fsp3) is 0.500. The third-order valence-corrected chi connectivity index (χ3v) is 2.49. The lowest BCUT2D eigenvalue weighted by molar-refractivity contribution is 0.127. The van der Waals surface area contributed by atoms with Crippen molar-refractivity contribution in [3.05, 3.63) is 35.9 Å². The molecule has 0 aliphatic carbocycles. The van der Waals surface area contributed by atoms with Crippen LogP contribution in [0.15, 0.2) is 30.3 Å². The van der Waals surface area contributed by atoms with Gasteiger partial charge in [-0.3, -0.25) is 0 Å². The number of aliphatic hydroxyl groups excluding tert-OH is 1. The average Bonchev–Trinajstić information content (AvgIpc) is 2.26. The minimum absolute atomic E-state index is 0. The Hall–Kier alpha value is -0.570. The predicted molar refractivity (Wildman–Crippen MR) is 66.4 cm³/mol. The zero-order valence-electron chi connectivity index (χ0n) is 9.31. The topological polar surface area (TPSA) is 32.3 Å². The highest BCUT2D eigenvalue weighted by atomic mass is 35.5. The molecule has 1 aromatic carbocycles. The van der Waals surface area contributed by atoms with Gasteiger partial charge in [-0.15, -0.1) is 12.4 Å². The van der Waals surface area contributed by atoms with E-state index in [-0.39, 0.29) is 18.4 Å². The second kappa shape index (κ2) is 7.69. The Labute approximate surface area is 98.1 Å². The van der Waals surface area contributed by atoms with Gasteiger partial charge in [0.1, 0.15) is 0 Å². The van der Waals surface area contributed by atoms with Gasteiger partial charge in [-0.25, -0.2) is 0 Å². The molecule has 0 fully saturated rings. The van der Waals surface area contributed by atoms with Crippen molar-refractivity contribution in [2.24, 2.45) is 0 Å². The molecular weight excluding hydrogens is 210 g/mol. The minimum Gasteiger partial charge on any atom is -0.387 e. The van der Waals surface area contributed by atoms with Crippen LogP contribution in [0.25, 0.3) is 0 Å². The predicted octanol–water partition coefficient (Wildman–Crippen LogP) is 2.53. The summed E-state index contributed by atoms with van der Waals surface area (Å²) in [6, 6.07) is 9.95. The minimum atomic E-state index is -0.402. The molecule has 0 bridgehead atoms. The molecule has 1 rings (SSSR count). The van der Waals surface area contributed by atoms with Gasteiger partial charge in [0.15, 0.2) is 0 Å². The second-order valence-corrected chi connectivity index (χ2v) is 3.54. The van der Waals surface area contributed by atoms with Crippen molar-refractivity contribution >= 4 is 12.4 Å². The zero-order chi connectivity index (χ0) is 10.4. The first-order valence-electron chi connectivity index (χ1n) is 5.19. The molecule has 0 heterocycles. The van der Waals surface area contributed by atoms with Gasteiger partial charge in [-0.05, 0) is 19.0 Å². The molecule has 3 heteroatoms. The van der Waals surface area contributed by atoms with Crippen LogP contribution in [-0.2, 0) is 0 Å². The van der Waals surface area contributed by atoms with Crippen molar-refractivity contribution in [1.82, 2.24) is 5.32 Å². The van der Waals surface area contributed by atoms with Gasteiger partial charge in [0.05, 0.1) is 6.10 Å². The molecule has 86 valence electrons. The molecule has 0 aromatic heterocycles. The van der Waals surface area contributed by atoms with Gasteiger partial charge in [0, 0.05) is 6.04 Å². The molecule has 2 nitrogen and oxygen atoms in total. The molecule has 2 atom stereocenters. The van der Waals surface area contributed by atoms with Crippen molar-refractivity contribution in [2.75, 3.05) is 7.05 Å². The van der Waals surface area contributed by atoms with Crippen LogP contribution in [-0.4, -0.2) is 18.2 Å². The monoisotopic (exact) mass is 229 g/mol. The molecule has 0 spiro atoms. The van der Waals surface area contributed by atoms with Crippen LogP contribution in [0.3, 0.4) is 0 Å². The first-order valence-corrected chi connectivity index (χ1v) is 5.19. The number of aliphatic hydroxyl groups is 1. The molecule has 0 saturated carbocycles. The van der Waals surface area contributed by atoms with E-state index in [2.05, 4.69) is 12.2 Å². The van der Waals surface area contributed by atoms with Gasteiger partial charge in [0.2, 0.25) is 0 Å². The highest BCUT2D eigenvalue weighted by molar-refractivity contribution is 5.85. The quantitative estimate of drug-likeness (QED) is 0.814. The maximum absolute atomic E-state index is 10.0. The lowest BCUT2D eigenvalue weighted by Gasteiger charge is -2.22. The van der Waals surface area contributed by atoms with Gasteiger partial charge in [0.25, 0.3) is 0 Å². The number of nitrogens with one attached hydrogen (secondary N) is 1. The van der Waals surface area contributed by atoms with Crippen molar-refractivity contribution in [3.8, 4) is 0 Å². The van der Waals surface area contributed by atoms with E-state index in [1.165, 1.54) is 0 Å². The summed E-state index contributed by atoms with van der Waals surface area (Å²) in [4.78, 5) is 0. The smallest absolute Gasteiger partial charge is 0.0942 e. The van der Waals surface area contributed by atoms with E-state index in [9.17, 15) is 5.11 Å². The van der Waals surface area contributed by atoms with E-state index in [0.717, 1.165) is 18.4 Å². The largest absolute Gasteiger partial charge is 0.387 e. The summed E-state index contributed by atoms with van der Waals surface area (Å²) < 4.78 is 0. The van der Waals surface area contributed by atoms with E-state index >= 15 is 0 Å². The second-order valence-electron chi connectivity index (χ2n) is 3.54. The van der Waals surface area contributed by atoms with E-state index in [1.807, 2.05) is 37.4 Å². The van der Waals surface area contributed by atoms with Gasteiger partial charge >= 0.3 is 0 Å². The third kappa shape index (κ3) is 4.20. The summed E-state index contributed by atoms with van der Waals surface area (Å²) in [5.74, 6) is 0. The summed E-state index contributed by atoms with van der Waals surface area (Å²) in [5, 5.41) is 13.2. The fourth-order valence-electron chi connectivity index (χ4n) is 1.65. The molecule has 1 aromatic rings. The summed E-state index contributed by atoms with van der Waals surface area (Å²) >= 11 is 0. The maximum atomic E-state index is 10.0. The summed E-state index contributed by atoms with van der Waals surface area (Å²) in [7, 11) is 1.90. The van der Waals surface area contributed by atoms with Crippen LogP contribution < -0.4 is 5.32 Å². The summed E-state index contributed by atoms with van der Waals surface area (Å²) in [6.45, 7) is 2.13. The molecule has 2 N–H and O–H groups in total. The Balaban J connectivity index is 0.00000196. The van der Waals surface area contributed by atoms with E-state index in [1.54, 1.807) is 0 Å². The first kappa shape index (κ1) is 14.4.